The van der Waals surface area contributed by atoms with Crippen molar-refractivity contribution in [2.45, 2.75) is 33.2 Å². The van der Waals surface area contributed by atoms with Crippen LogP contribution in [0.5, 0.6) is 5.88 Å². The number of benzene rings is 1. The molecule has 0 unspecified atom stereocenters. The Morgan fingerprint density at radius 1 is 1.28 bits per heavy atom. The number of fused-ring (bicyclic) bond motifs is 1. The lowest BCUT2D eigenvalue weighted by Crippen LogP contribution is -2.26. The van der Waals surface area contributed by atoms with Crippen molar-refractivity contribution >= 4 is 32.3 Å². The lowest BCUT2D eigenvalue weighted by Gasteiger charge is -2.18. The number of carbonyl (C=O) groups is 1. The predicted octanol–water partition coefficient (Wildman–Crippen LogP) is 3.12. The molecule has 9 heteroatoms. The molecule has 1 amide bonds. The first-order valence-corrected chi connectivity index (χ1v) is 11.8. The lowest BCUT2D eigenvalue weighted by molar-refractivity contribution is -0.119. The Balaban J connectivity index is 1.79. The van der Waals surface area contributed by atoms with Crippen molar-refractivity contribution in [3.63, 3.8) is 0 Å². The van der Waals surface area contributed by atoms with Crippen molar-refractivity contribution in [2.75, 3.05) is 31.1 Å². The molecule has 1 saturated heterocycles. The van der Waals surface area contributed by atoms with Crippen LogP contribution in [0, 0.1) is 5.92 Å². The molecule has 8 nitrogen and oxygen atoms in total. The van der Waals surface area contributed by atoms with E-state index >= 15 is 0 Å². The predicted molar refractivity (Wildman–Crippen MR) is 112 cm³/mol. The topological polar surface area (TPSA) is 104 Å². The van der Waals surface area contributed by atoms with E-state index in [4.69, 9.17) is 0 Å². The third-order valence-electron chi connectivity index (χ3n) is 5.50. The van der Waals surface area contributed by atoms with E-state index in [2.05, 4.69) is 29.0 Å². The lowest BCUT2D eigenvalue weighted by atomic mass is 10.1. The van der Waals surface area contributed by atoms with Crippen molar-refractivity contribution in [3.05, 3.63) is 24.3 Å². The highest BCUT2D eigenvalue weighted by Crippen LogP contribution is 2.38. The van der Waals surface area contributed by atoms with E-state index in [0.29, 0.717) is 13.0 Å². The van der Waals surface area contributed by atoms with Gasteiger partial charge >= 0.3 is 0 Å². The zero-order chi connectivity index (χ0) is 21.0. The van der Waals surface area contributed by atoms with E-state index < -0.39 is 15.7 Å². The largest absolute Gasteiger partial charge is 0.493 e. The molecule has 1 N–H and O–H groups in total. The van der Waals surface area contributed by atoms with Crippen LogP contribution in [-0.4, -0.2) is 60.0 Å². The van der Waals surface area contributed by atoms with Crippen LogP contribution in [0.25, 0.3) is 10.9 Å². The maximum atomic E-state index is 12.2. The molecule has 3 rings (SSSR count). The van der Waals surface area contributed by atoms with E-state index in [0.717, 1.165) is 30.5 Å². The van der Waals surface area contributed by atoms with Gasteiger partial charge in [0, 0.05) is 24.9 Å². The molecular weight excluding hydrogens is 392 g/mol. The molecule has 1 aliphatic rings. The molecule has 1 atom stereocenters. The first-order valence-electron chi connectivity index (χ1n) is 10.0. The van der Waals surface area contributed by atoms with E-state index in [9.17, 15) is 18.3 Å². The molecule has 0 radical (unpaired) electrons. The van der Waals surface area contributed by atoms with Crippen LogP contribution >= 0.6 is 0 Å². The Hall–Kier alpha value is -2.26. The fourth-order valence-electron chi connectivity index (χ4n) is 3.80. The average Bonchev–Trinajstić information content (AvgIpc) is 3.17. The van der Waals surface area contributed by atoms with Crippen LogP contribution in [0.15, 0.2) is 34.5 Å². The molecule has 29 heavy (non-hydrogen) atoms. The number of nitrogens with zero attached hydrogens (tertiary/aromatic N) is 4. The van der Waals surface area contributed by atoms with Crippen molar-refractivity contribution in [2.24, 2.45) is 16.1 Å². The Kier molecular flexibility index (Phi) is 6.69. The minimum atomic E-state index is -3.03. The number of aromatic nitrogens is 1. The fraction of sp³-hybridized carbons (Fsp3) is 0.550. The van der Waals surface area contributed by atoms with Gasteiger partial charge in [0.15, 0.2) is 15.5 Å². The summed E-state index contributed by atoms with van der Waals surface area (Å²) < 4.78 is 24.9. The summed E-state index contributed by atoms with van der Waals surface area (Å²) in [5.41, 5.74) is 1.10. The maximum Gasteiger partial charge on any atom is 0.265 e. The summed E-state index contributed by atoms with van der Waals surface area (Å²) >= 11 is 0. The van der Waals surface area contributed by atoms with Gasteiger partial charge in [0.1, 0.15) is 0 Å². The highest BCUT2D eigenvalue weighted by atomic mass is 32.2. The van der Waals surface area contributed by atoms with Crippen LogP contribution in [0.2, 0.25) is 0 Å². The number of amides is 1. The number of aromatic hydroxyl groups is 1. The number of hydrogen-bond donors (Lipinski definition) is 1. The second-order valence-electron chi connectivity index (χ2n) is 7.43. The highest BCUT2D eigenvalue weighted by molar-refractivity contribution is 7.91. The van der Waals surface area contributed by atoms with Crippen LogP contribution in [0.3, 0.4) is 0 Å². The second kappa shape index (κ2) is 9.04. The first-order chi connectivity index (χ1) is 13.8. The van der Waals surface area contributed by atoms with Gasteiger partial charge in [-0.3, -0.25) is 4.79 Å². The highest BCUT2D eigenvalue weighted by Gasteiger charge is 2.29. The van der Waals surface area contributed by atoms with Crippen molar-refractivity contribution in [1.82, 2.24) is 9.47 Å². The third kappa shape index (κ3) is 5.02. The molecular formula is C20H28N4O4S. The molecule has 158 valence electrons. The summed E-state index contributed by atoms with van der Waals surface area (Å²) in [4.78, 5) is 14.4. The summed E-state index contributed by atoms with van der Waals surface area (Å²) in [5.74, 6) is -0.520. The number of carbonyl (C=O) groups excluding carboxylic acids is 1. The normalized spacial score (nSPS) is 18.9. The van der Waals surface area contributed by atoms with Crippen molar-refractivity contribution < 1.29 is 18.3 Å². The second-order valence-corrected chi connectivity index (χ2v) is 9.66. The standard InChI is InChI=1S/C20H28N4O4S/c1-3-23(4-2)10-11-24-17-8-6-5-7-16(17)19(20(24)26)22-21-18(25)13-15-9-12-29(27,28)14-15/h5-8,15,26H,3-4,9-14H2,1-2H3/t15-/m0/s1. The Morgan fingerprint density at radius 3 is 2.66 bits per heavy atom. The van der Waals surface area contributed by atoms with Crippen LogP contribution in [0.4, 0.5) is 5.69 Å². The van der Waals surface area contributed by atoms with Crippen LogP contribution in [0.1, 0.15) is 26.7 Å². The average molecular weight is 421 g/mol. The monoisotopic (exact) mass is 420 g/mol. The Bertz CT molecular complexity index is 1010. The number of para-hydroxylation sites is 1. The minimum absolute atomic E-state index is 0.0154. The smallest absolute Gasteiger partial charge is 0.265 e. The molecule has 0 aliphatic carbocycles. The number of azo groups is 1. The zero-order valence-corrected chi connectivity index (χ0v) is 17.7. The van der Waals surface area contributed by atoms with Crippen molar-refractivity contribution in [3.8, 4) is 5.88 Å². The molecule has 1 aliphatic heterocycles. The Labute approximate surface area is 171 Å². The van der Waals surface area contributed by atoms with E-state index in [1.165, 1.54) is 0 Å². The molecule has 1 fully saturated rings. The van der Waals surface area contributed by atoms with Gasteiger partial charge in [0.2, 0.25) is 5.88 Å². The fourth-order valence-corrected chi connectivity index (χ4v) is 5.67. The molecule has 0 spiro atoms. The van der Waals surface area contributed by atoms with E-state index in [1.54, 1.807) is 4.57 Å². The molecule has 1 aromatic carbocycles. The number of rotatable bonds is 8. The molecule has 0 saturated carbocycles. The summed E-state index contributed by atoms with van der Waals surface area (Å²) in [6.45, 7) is 7.42. The Morgan fingerprint density at radius 2 is 2.00 bits per heavy atom. The van der Waals surface area contributed by atoms with Gasteiger partial charge in [-0.2, -0.15) is 0 Å². The first kappa shape index (κ1) is 21.4. The van der Waals surface area contributed by atoms with Gasteiger partial charge in [0.25, 0.3) is 5.91 Å². The maximum absolute atomic E-state index is 12.2. The van der Waals surface area contributed by atoms with Gasteiger partial charge in [-0.05, 0) is 31.5 Å². The number of sulfone groups is 1. The summed E-state index contributed by atoms with van der Waals surface area (Å²) in [6.07, 6.45) is 0.545. The quantitative estimate of drug-likeness (QED) is 0.661. The number of likely N-dealkylation sites (N-methyl/N-ethyl adjacent to an activating group) is 1. The molecule has 0 bridgehead atoms. The van der Waals surface area contributed by atoms with Gasteiger partial charge in [-0.15, -0.1) is 10.2 Å². The number of hydrogen-bond acceptors (Lipinski definition) is 6. The van der Waals surface area contributed by atoms with Gasteiger partial charge in [-0.25, -0.2) is 8.42 Å². The van der Waals surface area contributed by atoms with Crippen molar-refractivity contribution in [1.29, 1.82) is 0 Å². The van der Waals surface area contributed by atoms with Gasteiger partial charge < -0.3 is 14.6 Å². The SMILES string of the molecule is CCN(CC)CCn1c(O)c(N=NC(=O)C[C@@H]2CCS(=O)(=O)C2)c2ccccc21. The zero-order valence-electron chi connectivity index (χ0n) is 16.9. The van der Waals surface area contributed by atoms with Gasteiger partial charge in [0.05, 0.1) is 17.0 Å². The van der Waals surface area contributed by atoms with Crippen LogP contribution < -0.4 is 0 Å². The van der Waals surface area contributed by atoms with Gasteiger partial charge in [-0.1, -0.05) is 32.0 Å². The molecule has 2 aromatic rings. The summed E-state index contributed by atoms with van der Waals surface area (Å²) in [6, 6.07) is 7.48. The molecule has 2 heterocycles. The summed E-state index contributed by atoms with van der Waals surface area (Å²) in [7, 11) is -3.03. The van der Waals surface area contributed by atoms with Crippen LogP contribution in [-0.2, 0) is 21.2 Å². The minimum Gasteiger partial charge on any atom is -0.493 e. The van der Waals surface area contributed by atoms with E-state index in [1.807, 2.05) is 24.3 Å². The third-order valence-corrected chi connectivity index (χ3v) is 7.34. The van der Waals surface area contributed by atoms with E-state index in [-0.39, 0.29) is 35.4 Å². The summed E-state index contributed by atoms with van der Waals surface area (Å²) in [5, 5.41) is 19.3. The molecule has 1 aromatic heterocycles.